The zero-order valence-electron chi connectivity index (χ0n) is 11.5. The Labute approximate surface area is 116 Å². The Balaban J connectivity index is 2.13. The summed E-state index contributed by atoms with van der Waals surface area (Å²) in [6.07, 6.45) is 3.31. The number of thiazole rings is 1. The Morgan fingerprint density at radius 1 is 1.32 bits per heavy atom. The highest BCUT2D eigenvalue weighted by Gasteiger charge is 2.16. The standard InChI is InChI=1S/C14H17N3OS/c1-8-5-12(7-15-6-8)14(18)16-9(2)13-10(3)19-11(4)17-13/h5-7,9H,1-4H3,(H,16,18)/t9-/m1/s1. The van der Waals surface area contributed by atoms with Crippen molar-refractivity contribution in [1.82, 2.24) is 15.3 Å². The van der Waals surface area contributed by atoms with E-state index in [1.165, 1.54) is 0 Å². The van der Waals surface area contributed by atoms with Gasteiger partial charge in [-0.05, 0) is 39.3 Å². The van der Waals surface area contributed by atoms with Crippen molar-refractivity contribution in [3.05, 3.63) is 45.2 Å². The molecule has 0 spiro atoms. The van der Waals surface area contributed by atoms with Gasteiger partial charge >= 0.3 is 0 Å². The molecule has 2 heterocycles. The first-order valence-electron chi connectivity index (χ1n) is 6.14. The predicted octanol–water partition coefficient (Wildman–Crippen LogP) is 2.95. The molecule has 0 fully saturated rings. The minimum Gasteiger partial charge on any atom is -0.344 e. The Bertz CT molecular complexity index is 606. The number of hydrogen-bond donors (Lipinski definition) is 1. The second-order valence-electron chi connectivity index (χ2n) is 4.62. The molecule has 0 bridgehead atoms. The second-order valence-corrected chi connectivity index (χ2v) is 6.03. The Morgan fingerprint density at radius 2 is 2.05 bits per heavy atom. The molecular weight excluding hydrogens is 258 g/mol. The molecule has 0 saturated carbocycles. The SMILES string of the molecule is Cc1cncc(C(=O)N[C@H](C)c2nc(C)sc2C)c1. The molecule has 1 N–H and O–H groups in total. The van der Waals surface area contributed by atoms with Gasteiger partial charge in [0.1, 0.15) is 0 Å². The lowest BCUT2D eigenvalue weighted by molar-refractivity contribution is 0.0938. The molecule has 19 heavy (non-hydrogen) atoms. The smallest absolute Gasteiger partial charge is 0.253 e. The van der Waals surface area contributed by atoms with Gasteiger partial charge in [0.05, 0.1) is 22.3 Å². The van der Waals surface area contributed by atoms with Crippen molar-refractivity contribution in [1.29, 1.82) is 0 Å². The van der Waals surface area contributed by atoms with Crippen LogP contribution in [0.25, 0.3) is 0 Å². The van der Waals surface area contributed by atoms with Crippen LogP contribution in [0.3, 0.4) is 0 Å². The molecule has 1 amide bonds. The third-order valence-electron chi connectivity index (χ3n) is 2.83. The summed E-state index contributed by atoms with van der Waals surface area (Å²) in [6, 6.07) is 1.73. The highest BCUT2D eigenvalue weighted by atomic mass is 32.1. The number of carbonyl (C=O) groups is 1. The van der Waals surface area contributed by atoms with Crippen LogP contribution in [0.5, 0.6) is 0 Å². The van der Waals surface area contributed by atoms with Crippen LogP contribution in [-0.2, 0) is 0 Å². The van der Waals surface area contributed by atoms with Crippen molar-refractivity contribution < 1.29 is 4.79 Å². The van der Waals surface area contributed by atoms with E-state index in [4.69, 9.17) is 0 Å². The minimum atomic E-state index is -0.117. The number of nitrogens with zero attached hydrogens (tertiary/aromatic N) is 2. The van der Waals surface area contributed by atoms with Gasteiger partial charge < -0.3 is 5.32 Å². The van der Waals surface area contributed by atoms with Crippen molar-refractivity contribution in [2.75, 3.05) is 0 Å². The maximum absolute atomic E-state index is 12.1. The largest absolute Gasteiger partial charge is 0.344 e. The quantitative estimate of drug-likeness (QED) is 0.937. The van der Waals surface area contributed by atoms with Crippen LogP contribution in [0, 0.1) is 20.8 Å². The maximum atomic E-state index is 12.1. The molecule has 2 rings (SSSR count). The molecule has 0 aliphatic rings. The first-order valence-corrected chi connectivity index (χ1v) is 6.95. The zero-order valence-corrected chi connectivity index (χ0v) is 12.3. The fourth-order valence-electron chi connectivity index (χ4n) is 1.97. The second kappa shape index (κ2) is 5.48. The topological polar surface area (TPSA) is 54.9 Å². The van der Waals surface area contributed by atoms with Crippen molar-refractivity contribution in [2.45, 2.75) is 33.7 Å². The van der Waals surface area contributed by atoms with Crippen molar-refractivity contribution in [3.8, 4) is 0 Å². The van der Waals surface area contributed by atoms with Gasteiger partial charge in [-0.25, -0.2) is 4.98 Å². The summed E-state index contributed by atoms with van der Waals surface area (Å²) in [5.41, 5.74) is 2.49. The number of amides is 1. The summed E-state index contributed by atoms with van der Waals surface area (Å²) >= 11 is 1.65. The minimum absolute atomic E-state index is 0.0991. The van der Waals surface area contributed by atoms with Crippen LogP contribution >= 0.6 is 11.3 Å². The van der Waals surface area contributed by atoms with E-state index in [0.29, 0.717) is 5.56 Å². The van der Waals surface area contributed by atoms with Crippen LogP contribution in [0.2, 0.25) is 0 Å². The fourth-order valence-corrected chi connectivity index (χ4v) is 2.89. The Morgan fingerprint density at radius 3 is 2.63 bits per heavy atom. The van der Waals surface area contributed by atoms with Gasteiger partial charge in [-0.15, -0.1) is 11.3 Å². The van der Waals surface area contributed by atoms with Crippen LogP contribution < -0.4 is 5.32 Å². The number of nitrogens with one attached hydrogen (secondary N) is 1. The van der Waals surface area contributed by atoms with Gasteiger partial charge in [0.2, 0.25) is 0 Å². The van der Waals surface area contributed by atoms with Crippen molar-refractivity contribution >= 4 is 17.2 Å². The van der Waals surface area contributed by atoms with E-state index in [9.17, 15) is 4.79 Å². The van der Waals surface area contributed by atoms with Crippen molar-refractivity contribution in [2.24, 2.45) is 0 Å². The summed E-state index contributed by atoms with van der Waals surface area (Å²) in [7, 11) is 0. The lowest BCUT2D eigenvalue weighted by atomic mass is 10.1. The van der Waals surface area contributed by atoms with Crippen LogP contribution in [0.15, 0.2) is 18.5 Å². The van der Waals surface area contributed by atoms with Gasteiger partial charge in [-0.1, -0.05) is 0 Å². The molecule has 0 aromatic carbocycles. The maximum Gasteiger partial charge on any atom is 0.253 e. The average molecular weight is 275 g/mol. The highest BCUT2D eigenvalue weighted by Crippen LogP contribution is 2.22. The summed E-state index contributed by atoms with van der Waals surface area (Å²) < 4.78 is 0. The third kappa shape index (κ3) is 3.17. The lowest BCUT2D eigenvalue weighted by Crippen LogP contribution is -2.27. The molecule has 0 saturated heterocycles. The lowest BCUT2D eigenvalue weighted by Gasteiger charge is -2.12. The number of aromatic nitrogens is 2. The molecule has 100 valence electrons. The fraction of sp³-hybridized carbons (Fsp3) is 0.357. The first kappa shape index (κ1) is 13.7. The van der Waals surface area contributed by atoms with E-state index in [2.05, 4.69) is 15.3 Å². The molecule has 2 aromatic heterocycles. The third-order valence-corrected chi connectivity index (χ3v) is 3.74. The van der Waals surface area contributed by atoms with Gasteiger partial charge in [-0.3, -0.25) is 9.78 Å². The van der Waals surface area contributed by atoms with Crippen molar-refractivity contribution in [3.63, 3.8) is 0 Å². The van der Waals surface area contributed by atoms with E-state index < -0.39 is 0 Å². The van der Waals surface area contributed by atoms with Crippen LogP contribution in [0.1, 0.15) is 44.5 Å². The predicted molar refractivity (Wildman–Crippen MR) is 76.4 cm³/mol. The van der Waals surface area contributed by atoms with Gasteiger partial charge in [0.15, 0.2) is 0 Å². The summed E-state index contributed by atoms with van der Waals surface area (Å²) in [4.78, 5) is 21.8. The molecule has 1 atom stereocenters. The van der Waals surface area contributed by atoms with E-state index in [1.807, 2.05) is 33.8 Å². The summed E-state index contributed by atoms with van der Waals surface area (Å²) in [6.45, 7) is 7.86. The molecule has 5 heteroatoms. The number of aryl methyl sites for hydroxylation is 3. The van der Waals surface area contributed by atoms with E-state index in [0.717, 1.165) is 21.1 Å². The monoisotopic (exact) mass is 275 g/mol. The van der Waals surface area contributed by atoms with Gasteiger partial charge in [-0.2, -0.15) is 0 Å². The highest BCUT2D eigenvalue weighted by molar-refractivity contribution is 7.11. The molecule has 2 aromatic rings. The van der Waals surface area contributed by atoms with Gasteiger partial charge in [0, 0.05) is 17.3 Å². The Hall–Kier alpha value is -1.75. The molecular formula is C14H17N3OS. The first-order chi connectivity index (χ1) is 8.97. The summed E-state index contributed by atoms with van der Waals surface area (Å²) in [5.74, 6) is -0.117. The van der Waals surface area contributed by atoms with Crippen LogP contribution in [0.4, 0.5) is 0 Å². The molecule has 4 nitrogen and oxygen atoms in total. The van der Waals surface area contributed by atoms with E-state index in [-0.39, 0.29) is 11.9 Å². The average Bonchev–Trinajstić information content (AvgIpc) is 2.68. The number of carbonyl (C=O) groups excluding carboxylic acids is 1. The van der Waals surface area contributed by atoms with E-state index in [1.54, 1.807) is 23.7 Å². The number of pyridine rings is 1. The Kier molecular flexibility index (Phi) is 3.95. The summed E-state index contributed by atoms with van der Waals surface area (Å²) in [5, 5.41) is 3.98. The normalized spacial score (nSPS) is 12.2. The number of hydrogen-bond acceptors (Lipinski definition) is 4. The molecule has 0 aliphatic carbocycles. The number of rotatable bonds is 3. The molecule has 0 radical (unpaired) electrons. The van der Waals surface area contributed by atoms with Gasteiger partial charge in [0.25, 0.3) is 5.91 Å². The molecule has 0 aliphatic heterocycles. The van der Waals surface area contributed by atoms with Crippen LogP contribution in [-0.4, -0.2) is 15.9 Å². The van der Waals surface area contributed by atoms with E-state index >= 15 is 0 Å². The zero-order chi connectivity index (χ0) is 14.0. The molecule has 0 unspecified atom stereocenters.